The molecule has 8 nitrogen and oxygen atoms in total. The van der Waals surface area contributed by atoms with E-state index in [1.807, 2.05) is 50.6 Å². The normalized spacial score (nSPS) is 13.0. The maximum atomic E-state index is 13.0. The molecular formula is C23H34N4O4S. The van der Waals surface area contributed by atoms with Crippen LogP contribution in [-0.2, 0) is 20.8 Å². The van der Waals surface area contributed by atoms with Gasteiger partial charge in [0.15, 0.2) is 0 Å². The molecule has 9 heteroatoms. The highest BCUT2D eigenvalue weighted by molar-refractivity contribution is 7.98. The number of carbonyl (C=O) groups excluding carboxylic acids is 3. The number of thioether (sulfide) groups is 1. The van der Waals surface area contributed by atoms with Gasteiger partial charge in [0.2, 0.25) is 17.7 Å². The van der Waals surface area contributed by atoms with E-state index in [1.165, 1.54) is 0 Å². The van der Waals surface area contributed by atoms with Crippen LogP contribution in [0, 0.1) is 11.8 Å². The van der Waals surface area contributed by atoms with Crippen LogP contribution >= 0.6 is 11.8 Å². The van der Waals surface area contributed by atoms with Crippen LogP contribution in [0.15, 0.2) is 30.5 Å². The Bertz CT molecular complexity index is 899. The molecule has 0 unspecified atom stereocenters. The fraction of sp³-hybridized carbons (Fsp3) is 0.522. The summed E-state index contributed by atoms with van der Waals surface area (Å²) in [5, 5.41) is 15.7. The molecular weight excluding hydrogens is 428 g/mol. The van der Waals surface area contributed by atoms with Gasteiger partial charge in [0, 0.05) is 42.4 Å². The summed E-state index contributed by atoms with van der Waals surface area (Å²) < 4.78 is 0. The maximum absolute atomic E-state index is 13.0. The number of fused-ring (bicyclic) bond motifs is 1. The second kappa shape index (κ2) is 13.1. The van der Waals surface area contributed by atoms with Gasteiger partial charge in [-0.25, -0.2) is 5.48 Å². The fourth-order valence-corrected chi connectivity index (χ4v) is 4.13. The van der Waals surface area contributed by atoms with Crippen molar-refractivity contribution in [1.29, 1.82) is 0 Å². The van der Waals surface area contributed by atoms with Crippen molar-refractivity contribution in [3.05, 3.63) is 36.0 Å². The molecule has 0 bridgehead atoms. The minimum atomic E-state index is -0.775. The highest BCUT2D eigenvalue weighted by atomic mass is 32.2. The number of hydroxylamine groups is 1. The van der Waals surface area contributed by atoms with Crippen LogP contribution in [-0.4, -0.2) is 52.5 Å². The lowest BCUT2D eigenvalue weighted by Gasteiger charge is -2.23. The van der Waals surface area contributed by atoms with E-state index in [0.717, 1.165) is 28.6 Å². The van der Waals surface area contributed by atoms with E-state index in [0.29, 0.717) is 19.4 Å². The second-order valence-corrected chi connectivity index (χ2v) is 9.31. The lowest BCUT2D eigenvalue weighted by molar-refractivity contribution is -0.136. The van der Waals surface area contributed by atoms with E-state index in [2.05, 4.69) is 15.6 Å². The molecule has 2 atom stereocenters. The Morgan fingerprint density at radius 3 is 2.59 bits per heavy atom. The predicted molar refractivity (Wildman–Crippen MR) is 127 cm³/mol. The molecule has 1 aromatic heterocycles. The Morgan fingerprint density at radius 2 is 1.91 bits per heavy atom. The highest BCUT2D eigenvalue weighted by Gasteiger charge is 2.28. The van der Waals surface area contributed by atoms with Crippen molar-refractivity contribution in [3.8, 4) is 0 Å². The molecule has 0 saturated carbocycles. The first-order valence-corrected chi connectivity index (χ1v) is 12.3. The molecule has 0 fully saturated rings. The van der Waals surface area contributed by atoms with Crippen LogP contribution in [0.5, 0.6) is 0 Å². The van der Waals surface area contributed by atoms with E-state index in [1.54, 1.807) is 17.2 Å². The monoisotopic (exact) mass is 462 g/mol. The van der Waals surface area contributed by atoms with E-state index < -0.39 is 17.9 Å². The Morgan fingerprint density at radius 1 is 1.16 bits per heavy atom. The molecule has 0 aliphatic rings. The van der Waals surface area contributed by atoms with Gasteiger partial charge >= 0.3 is 0 Å². The van der Waals surface area contributed by atoms with Crippen molar-refractivity contribution in [2.45, 2.75) is 45.6 Å². The quantitative estimate of drug-likeness (QED) is 0.178. The van der Waals surface area contributed by atoms with Gasteiger partial charge in [-0.05, 0) is 42.4 Å². The lowest BCUT2D eigenvalue weighted by Crippen LogP contribution is -2.50. The standard InChI is InChI=1S/C23H34N4O4S/c1-15(2)11-16(13-21(28)27-31)22(29)26-20(23(30)24-9-6-10-32-3)12-17-14-25-19-8-5-4-7-18(17)19/h4-5,7-8,14-16,20,25,31H,6,9-13H2,1-3H3,(H,24,30)(H,26,29)(H,27,28)/t16-,20+/m1/s1. The summed E-state index contributed by atoms with van der Waals surface area (Å²) in [4.78, 5) is 40.9. The number of aromatic amines is 1. The van der Waals surface area contributed by atoms with E-state index in [-0.39, 0.29) is 24.2 Å². The first kappa shape index (κ1) is 25.7. The first-order chi connectivity index (χ1) is 15.3. The minimum Gasteiger partial charge on any atom is -0.361 e. The topological polar surface area (TPSA) is 123 Å². The minimum absolute atomic E-state index is 0.143. The molecule has 2 rings (SSSR count). The predicted octanol–water partition coefficient (Wildman–Crippen LogP) is 2.62. The van der Waals surface area contributed by atoms with Gasteiger partial charge in [0.05, 0.1) is 0 Å². The summed E-state index contributed by atoms with van der Waals surface area (Å²) in [5.74, 6) is -0.778. The van der Waals surface area contributed by atoms with E-state index >= 15 is 0 Å². The van der Waals surface area contributed by atoms with Crippen molar-refractivity contribution in [2.75, 3.05) is 18.6 Å². The zero-order valence-electron chi connectivity index (χ0n) is 18.9. The molecule has 176 valence electrons. The molecule has 3 amide bonds. The van der Waals surface area contributed by atoms with Gasteiger partial charge in [0.25, 0.3) is 0 Å². The number of amides is 3. The number of rotatable bonds is 13. The molecule has 0 radical (unpaired) electrons. The van der Waals surface area contributed by atoms with Crippen molar-refractivity contribution >= 4 is 40.4 Å². The van der Waals surface area contributed by atoms with Crippen LogP contribution in [0.3, 0.4) is 0 Å². The number of nitrogens with one attached hydrogen (secondary N) is 4. The number of benzene rings is 1. The summed E-state index contributed by atoms with van der Waals surface area (Å²) in [6, 6.07) is 7.03. The van der Waals surface area contributed by atoms with E-state index in [4.69, 9.17) is 5.21 Å². The molecule has 1 heterocycles. The number of H-pyrrole nitrogens is 1. The number of hydrogen-bond acceptors (Lipinski definition) is 5. The highest BCUT2D eigenvalue weighted by Crippen LogP contribution is 2.20. The van der Waals surface area contributed by atoms with Gasteiger partial charge in [-0.3, -0.25) is 19.6 Å². The summed E-state index contributed by atoms with van der Waals surface area (Å²) in [6.45, 7) is 4.44. The molecule has 0 spiro atoms. The summed E-state index contributed by atoms with van der Waals surface area (Å²) in [5.41, 5.74) is 3.48. The van der Waals surface area contributed by atoms with Gasteiger partial charge in [-0.15, -0.1) is 0 Å². The Balaban J connectivity index is 2.19. The van der Waals surface area contributed by atoms with Crippen molar-refractivity contribution in [3.63, 3.8) is 0 Å². The third-order valence-corrected chi connectivity index (χ3v) is 5.94. The molecule has 0 saturated heterocycles. The van der Waals surface area contributed by atoms with Crippen molar-refractivity contribution in [1.82, 2.24) is 21.1 Å². The number of para-hydroxylation sites is 1. The molecule has 0 aliphatic carbocycles. The largest absolute Gasteiger partial charge is 0.361 e. The third kappa shape index (κ3) is 7.87. The number of aromatic nitrogens is 1. The Hall–Kier alpha value is -2.52. The Labute approximate surface area is 193 Å². The molecule has 1 aromatic carbocycles. The summed E-state index contributed by atoms with van der Waals surface area (Å²) in [6.07, 6.45) is 5.36. The SMILES string of the molecule is CSCCCNC(=O)[C@H](Cc1c[nH]c2ccccc12)NC(=O)[C@@H](CC(=O)NO)CC(C)C. The lowest BCUT2D eigenvalue weighted by atomic mass is 9.92. The molecule has 2 aromatic rings. The summed E-state index contributed by atoms with van der Waals surface area (Å²) >= 11 is 1.71. The fourth-order valence-electron chi connectivity index (χ4n) is 3.69. The van der Waals surface area contributed by atoms with Crippen LogP contribution in [0.25, 0.3) is 10.9 Å². The molecule has 5 N–H and O–H groups in total. The smallest absolute Gasteiger partial charge is 0.244 e. The number of hydrogen-bond donors (Lipinski definition) is 5. The van der Waals surface area contributed by atoms with Gasteiger partial charge in [-0.1, -0.05) is 32.0 Å². The van der Waals surface area contributed by atoms with Gasteiger partial charge in [0.1, 0.15) is 6.04 Å². The van der Waals surface area contributed by atoms with Crippen LogP contribution in [0.2, 0.25) is 0 Å². The Kier molecular flexibility index (Phi) is 10.6. The molecule has 32 heavy (non-hydrogen) atoms. The van der Waals surface area contributed by atoms with Crippen LogP contribution in [0.4, 0.5) is 0 Å². The maximum Gasteiger partial charge on any atom is 0.244 e. The average molecular weight is 463 g/mol. The van der Waals surface area contributed by atoms with Crippen molar-refractivity contribution < 1.29 is 19.6 Å². The van der Waals surface area contributed by atoms with Crippen molar-refractivity contribution in [2.24, 2.45) is 11.8 Å². The number of carbonyl (C=O) groups is 3. The van der Waals surface area contributed by atoms with Gasteiger partial charge < -0.3 is 15.6 Å². The molecule has 0 aliphatic heterocycles. The van der Waals surface area contributed by atoms with E-state index in [9.17, 15) is 14.4 Å². The third-order valence-electron chi connectivity index (χ3n) is 5.24. The average Bonchev–Trinajstić information content (AvgIpc) is 3.18. The van der Waals surface area contributed by atoms with Gasteiger partial charge in [-0.2, -0.15) is 11.8 Å². The summed E-state index contributed by atoms with van der Waals surface area (Å²) in [7, 11) is 0. The zero-order chi connectivity index (χ0) is 23.5. The zero-order valence-corrected chi connectivity index (χ0v) is 19.8. The first-order valence-electron chi connectivity index (χ1n) is 10.9. The second-order valence-electron chi connectivity index (χ2n) is 8.33. The van der Waals surface area contributed by atoms with Crippen LogP contribution in [0.1, 0.15) is 38.7 Å². The van der Waals surface area contributed by atoms with Crippen LogP contribution < -0.4 is 16.1 Å².